The van der Waals surface area contributed by atoms with Gasteiger partial charge in [-0.1, -0.05) is 11.8 Å². The van der Waals surface area contributed by atoms with Crippen LogP contribution >= 0.6 is 11.8 Å². The number of fused-ring (bicyclic) bond motifs is 1. The summed E-state index contributed by atoms with van der Waals surface area (Å²) in [5.74, 6) is 2.30. The summed E-state index contributed by atoms with van der Waals surface area (Å²) in [4.78, 5) is 17.5. The molecule has 0 saturated carbocycles. The van der Waals surface area contributed by atoms with Crippen LogP contribution in [0.15, 0.2) is 28.6 Å². The average Bonchev–Trinajstić information content (AvgIpc) is 3.14. The van der Waals surface area contributed by atoms with Crippen molar-refractivity contribution in [3.63, 3.8) is 0 Å². The molecular weight excluding hydrogens is 380 g/mol. The molecule has 1 aromatic carbocycles. The van der Waals surface area contributed by atoms with Gasteiger partial charge in [-0.2, -0.15) is 4.98 Å². The zero-order chi connectivity index (χ0) is 19.8. The zero-order valence-corrected chi connectivity index (χ0v) is 17.1. The normalized spacial score (nSPS) is 18.3. The summed E-state index contributed by atoms with van der Waals surface area (Å²) in [6.07, 6.45) is 4.07. The SMILES string of the molecule is COc1ccc([C@@H]2C3=C(CCCC3=O)Nc3nc(SC)nn32)c(OC)c1OC. The van der Waals surface area contributed by atoms with Crippen LogP contribution in [0.3, 0.4) is 0 Å². The number of thioether (sulfide) groups is 1. The average molecular weight is 402 g/mol. The van der Waals surface area contributed by atoms with E-state index in [1.807, 2.05) is 18.4 Å². The lowest BCUT2D eigenvalue weighted by Gasteiger charge is -2.33. The first kappa shape index (κ1) is 18.7. The number of methoxy groups -OCH3 is 3. The molecule has 1 aliphatic carbocycles. The van der Waals surface area contributed by atoms with Crippen molar-refractivity contribution in [1.29, 1.82) is 0 Å². The number of rotatable bonds is 5. The van der Waals surface area contributed by atoms with Crippen LogP contribution in [0.4, 0.5) is 5.95 Å². The predicted molar refractivity (Wildman–Crippen MR) is 106 cm³/mol. The first-order chi connectivity index (χ1) is 13.6. The Kier molecular flexibility index (Phi) is 4.92. The third kappa shape index (κ3) is 2.81. The summed E-state index contributed by atoms with van der Waals surface area (Å²) >= 11 is 1.45. The minimum Gasteiger partial charge on any atom is -0.493 e. The lowest BCUT2D eigenvalue weighted by atomic mass is 9.85. The van der Waals surface area contributed by atoms with Crippen molar-refractivity contribution in [2.45, 2.75) is 30.5 Å². The van der Waals surface area contributed by atoms with E-state index in [4.69, 9.17) is 14.2 Å². The standard InChI is InChI=1S/C19H22N4O4S/c1-25-13-9-8-10(16(26-2)17(13)27-3)15-14-11(6-5-7-12(14)24)20-18-21-19(28-4)22-23(15)18/h8-9,15H,5-7H2,1-4H3,(H,20,21,22)/t15-/m1/s1. The molecule has 9 heteroatoms. The highest BCUT2D eigenvalue weighted by Crippen LogP contribution is 2.48. The van der Waals surface area contributed by atoms with E-state index >= 15 is 0 Å². The number of anilines is 1. The Morgan fingerprint density at radius 3 is 2.61 bits per heavy atom. The first-order valence-electron chi connectivity index (χ1n) is 8.95. The highest BCUT2D eigenvalue weighted by Gasteiger charge is 2.39. The molecule has 2 aliphatic rings. The van der Waals surface area contributed by atoms with Crippen molar-refractivity contribution in [3.05, 3.63) is 29.0 Å². The second-order valence-electron chi connectivity index (χ2n) is 6.49. The van der Waals surface area contributed by atoms with Gasteiger partial charge in [0.2, 0.25) is 16.9 Å². The number of nitrogens with zero attached hydrogens (tertiary/aromatic N) is 3. The first-order valence-corrected chi connectivity index (χ1v) is 10.2. The van der Waals surface area contributed by atoms with Crippen molar-refractivity contribution in [2.24, 2.45) is 0 Å². The van der Waals surface area contributed by atoms with Gasteiger partial charge >= 0.3 is 0 Å². The summed E-state index contributed by atoms with van der Waals surface area (Å²) < 4.78 is 18.4. The van der Waals surface area contributed by atoms with Gasteiger partial charge in [-0.05, 0) is 31.2 Å². The Morgan fingerprint density at radius 2 is 1.93 bits per heavy atom. The Labute approximate surface area is 167 Å². The quantitative estimate of drug-likeness (QED) is 0.764. The summed E-state index contributed by atoms with van der Waals surface area (Å²) in [7, 11) is 4.72. The zero-order valence-electron chi connectivity index (χ0n) is 16.2. The number of ether oxygens (including phenoxy) is 3. The molecule has 0 fully saturated rings. The molecule has 1 aromatic heterocycles. The van der Waals surface area contributed by atoms with Gasteiger partial charge < -0.3 is 19.5 Å². The smallest absolute Gasteiger partial charge is 0.227 e. The second-order valence-corrected chi connectivity index (χ2v) is 7.26. The summed E-state index contributed by atoms with van der Waals surface area (Å²) in [6.45, 7) is 0. The molecule has 0 unspecified atom stereocenters. The van der Waals surface area contributed by atoms with Gasteiger partial charge in [0, 0.05) is 23.3 Å². The van der Waals surface area contributed by atoms with Gasteiger partial charge in [-0.15, -0.1) is 5.10 Å². The monoisotopic (exact) mass is 402 g/mol. The molecule has 2 aromatic rings. The molecule has 2 heterocycles. The maximum atomic E-state index is 12.9. The minimum absolute atomic E-state index is 0.113. The molecule has 1 aliphatic heterocycles. The van der Waals surface area contributed by atoms with Crippen LogP contribution in [0.1, 0.15) is 30.9 Å². The number of aromatic nitrogens is 3. The number of hydrogen-bond donors (Lipinski definition) is 1. The lowest BCUT2D eigenvalue weighted by Crippen LogP contribution is -2.31. The fourth-order valence-corrected chi connectivity index (χ4v) is 4.20. The van der Waals surface area contributed by atoms with Crippen molar-refractivity contribution < 1.29 is 19.0 Å². The summed E-state index contributed by atoms with van der Waals surface area (Å²) in [5, 5.41) is 8.57. The molecule has 148 valence electrons. The Balaban J connectivity index is 1.97. The third-order valence-electron chi connectivity index (χ3n) is 5.06. The molecule has 0 saturated heterocycles. The number of Topliss-reactive ketones (excluding diaryl/α,β-unsaturated/α-hetero) is 1. The van der Waals surface area contributed by atoms with E-state index in [1.165, 1.54) is 11.8 Å². The Hall–Kier alpha value is -2.68. The Bertz CT molecular complexity index is 969. The molecule has 0 amide bonds. The van der Waals surface area contributed by atoms with Crippen molar-refractivity contribution in [2.75, 3.05) is 32.9 Å². The van der Waals surface area contributed by atoms with Crippen LogP contribution in [0.2, 0.25) is 0 Å². The number of ketones is 1. The van der Waals surface area contributed by atoms with Gasteiger partial charge in [0.25, 0.3) is 0 Å². The van der Waals surface area contributed by atoms with Crippen molar-refractivity contribution >= 4 is 23.5 Å². The molecule has 28 heavy (non-hydrogen) atoms. The predicted octanol–water partition coefficient (Wildman–Crippen LogP) is 3.05. The second kappa shape index (κ2) is 7.38. The Morgan fingerprint density at radius 1 is 1.14 bits per heavy atom. The number of nitrogens with one attached hydrogen (secondary N) is 1. The maximum Gasteiger partial charge on any atom is 0.227 e. The van der Waals surface area contributed by atoms with Crippen LogP contribution < -0.4 is 19.5 Å². The molecular formula is C19H22N4O4S. The van der Waals surface area contributed by atoms with Gasteiger partial charge in [0.15, 0.2) is 17.3 Å². The van der Waals surface area contributed by atoms with E-state index in [1.54, 1.807) is 26.0 Å². The fourth-order valence-electron chi connectivity index (χ4n) is 3.85. The van der Waals surface area contributed by atoms with Crippen LogP contribution in [-0.4, -0.2) is 48.1 Å². The molecule has 1 N–H and O–H groups in total. The highest BCUT2D eigenvalue weighted by molar-refractivity contribution is 7.98. The van der Waals surface area contributed by atoms with Gasteiger partial charge in [-0.25, -0.2) is 4.68 Å². The van der Waals surface area contributed by atoms with E-state index in [2.05, 4.69) is 15.4 Å². The molecule has 4 rings (SSSR count). The van der Waals surface area contributed by atoms with Crippen LogP contribution in [0, 0.1) is 0 Å². The van der Waals surface area contributed by atoms with Crippen LogP contribution in [0.5, 0.6) is 17.2 Å². The number of allylic oxidation sites excluding steroid dienone is 2. The molecule has 8 nitrogen and oxygen atoms in total. The number of benzene rings is 1. The number of carbonyl (C=O) groups excluding carboxylic acids is 1. The molecule has 0 bridgehead atoms. The number of hydrogen-bond acceptors (Lipinski definition) is 8. The highest BCUT2D eigenvalue weighted by atomic mass is 32.2. The van der Waals surface area contributed by atoms with E-state index in [0.717, 1.165) is 24.1 Å². The summed E-state index contributed by atoms with van der Waals surface area (Å²) in [5.41, 5.74) is 2.40. The van der Waals surface area contributed by atoms with E-state index in [9.17, 15) is 4.79 Å². The van der Waals surface area contributed by atoms with Gasteiger partial charge in [-0.3, -0.25) is 4.79 Å². The maximum absolute atomic E-state index is 12.9. The van der Waals surface area contributed by atoms with E-state index in [0.29, 0.717) is 40.3 Å². The van der Waals surface area contributed by atoms with Crippen LogP contribution in [0.25, 0.3) is 0 Å². The molecule has 1 atom stereocenters. The lowest BCUT2D eigenvalue weighted by molar-refractivity contribution is -0.116. The van der Waals surface area contributed by atoms with Gasteiger partial charge in [0.1, 0.15) is 6.04 Å². The largest absolute Gasteiger partial charge is 0.493 e. The fraction of sp³-hybridized carbons (Fsp3) is 0.421. The van der Waals surface area contributed by atoms with E-state index in [-0.39, 0.29) is 5.78 Å². The third-order valence-corrected chi connectivity index (χ3v) is 5.60. The summed E-state index contributed by atoms with van der Waals surface area (Å²) in [6, 6.07) is 3.27. The topological polar surface area (TPSA) is 87.5 Å². The molecule has 0 radical (unpaired) electrons. The van der Waals surface area contributed by atoms with Crippen molar-refractivity contribution in [3.8, 4) is 17.2 Å². The minimum atomic E-state index is -0.442. The molecule has 0 spiro atoms. The number of carbonyl (C=O) groups is 1. The van der Waals surface area contributed by atoms with Gasteiger partial charge in [0.05, 0.1) is 21.3 Å². The van der Waals surface area contributed by atoms with Crippen LogP contribution in [-0.2, 0) is 4.79 Å². The van der Waals surface area contributed by atoms with Crippen molar-refractivity contribution in [1.82, 2.24) is 14.8 Å². The van der Waals surface area contributed by atoms with E-state index < -0.39 is 6.04 Å².